The minimum atomic E-state index is -0.325. The van der Waals surface area contributed by atoms with Gasteiger partial charge in [-0.3, -0.25) is 0 Å². The molecule has 72 heavy (non-hydrogen) atoms. The van der Waals surface area contributed by atoms with Gasteiger partial charge in [0.1, 0.15) is 22.3 Å². The Hall–Kier alpha value is -7.62. The fraction of sp³-hybridized carbons (Fsp3) is 0.217. The number of nitrogens with zero attached hydrogens (tertiary/aromatic N) is 1. The molecular weight excluding hydrogens is 875 g/mol. The van der Waals surface area contributed by atoms with Gasteiger partial charge in [0, 0.05) is 66.0 Å². The third kappa shape index (κ3) is 5.63. The van der Waals surface area contributed by atoms with Gasteiger partial charge < -0.3 is 13.7 Å². The average Bonchev–Trinajstić information content (AvgIpc) is 4.10. The zero-order valence-electron chi connectivity index (χ0n) is 43.3. The molecule has 0 aliphatic heterocycles. The maximum absolute atomic E-state index is 7.00. The van der Waals surface area contributed by atoms with Gasteiger partial charge in [-0.2, -0.15) is 0 Å². The second-order valence-corrected chi connectivity index (χ2v) is 23.8. The molecule has 0 amide bonds. The van der Waals surface area contributed by atoms with Gasteiger partial charge >= 0.3 is 0 Å². The van der Waals surface area contributed by atoms with Crippen LogP contribution in [0.15, 0.2) is 167 Å². The lowest BCUT2D eigenvalue weighted by molar-refractivity contribution is 0.591. The van der Waals surface area contributed by atoms with E-state index in [4.69, 9.17) is 8.83 Å². The van der Waals surface area contributed by atoms with Crippen molar-refractivity contribution < 1.29 is 8.83 Å². The van der Waals surface area contributed by atoms with Crippen LogP contribution in [0.2, 0.25) is 0 Å². The third-order valence-electron chi connectivity index (χ3n) is 17.2. The maximum Gasteiger partial charge on any atom is 0.144 e. The molecule has 2 aromatic heterocycles. The Morgan fingerprint density at radius 3 is 1.54 bits per heavy atom. The van der Waals surface area contributed by atoms with Gasteiger partial charge in [0.05, 0.1) is 0 Å². The first-order chi connectivity index (χ1) is 34.4. The summed E-state index contributed by atoms with van der Waals surface area (Å²) in [4.78, 5) is 2.51. The predicted molar refractivity (Wildman–Crippen MR) is 302 cm³/mol. The summed E-state index contributed by atoms with van der Waals surface area (Å²) in [6, 6.07) is 59.1. The Bertz CT molecular complexity index is 4180. The SMILES string of the molecule is Cc1cc(C)cc(N(c2ccc3c(c2)C(C)(C)c2cc(-c4ccccc4C(C)(C)C)c4oc5ccccc5c4c2-3)c2ccc3c(c2)C(C)(C)c2c4c(c5oc6ccccc6c5c2-3)-c2ccccc2C4(C)C)c1. The zero-order valence-corrected chi connectivity index (χ0v) is 43.3. The second-order valence-electron chi connectivity index (χ2n) is 23.8. The van der Waals surface area contributed by atoms with E-state index >= 15 is 0 Å². The van der Waals surface area contributed by atoms with Crippen molar-refractivity contribution >= 4 is 60.9 Å². The monoisotopic (exact) mass is 933 g/mol. The first kappa shape index (κ1) is 43.2. The Labute approximate surface area is 422 Å². The van der Waals surface area contributed by atoms with E-state index in [1.165, 1.54) is 105 Å². The molecule has 3 heteroatoms. The molecule has 11 aromatic rings. The number of fused-ring (bicyclic) bond motifs is 19. The van der Waals surface area contributed by atoms with E-state index in [2.05, 4.69) is 239 Å². The van der Waals surface area contributed by atoms with Crippen LogP contribution in [0.3, 0.4) is 0 Å². The van der Waals surface area contributed by atoms with Crippen molar-refractivity contribution in [3.8, 4) is 44.5 Å². The molecule has 0 N–H and O–H groups in total. The van der Waals surface area contributed by atoms with Gasteiger partial charge in [0.25, 0.3) is 0 Å². The summed E-state index contributed by atoms with van der Waals surface area (Å²) >= 11 is 0. The van der Waals surface area contributed by atoms with Crippen LogP contribution in [0.25, 0.3) is 88.4 Å². The topological polar surface area (TPSA) is 29.5 Å². The molecule has 0 unspecified atom stereocenters. The molecule has 3 aliphatic rings. The minimum Gasteiger partial charge on any atom is -0.455 e. The number of anilines is 3. The van der Waals surface area contributed by atoms with Crippen LogP contribution in [0.5, 0.6) is 0 Å². The summed E-state index contributed by atoms with van der Waals surface area (Å²) in [5, 5.41) is 4.75. The number of rotatable bonds is 4. The standard InChI is InChI=1S/C69H59NO2/c1-38-32-39(2)34-42(33-38)70(40-28-30-45-52(35-40)67(6,7)54-37-49(43-20-12-16-24-50(43)66(3,4)5)64-59(57(45)54)47-22-14-18-26-55(47)71-64)41-29-31-46-53(36-41)69(10,11)62-58(46)60-48-23-15-19-27-56(48)72-65(60)61-44-21-13-17-25-51(44)68(8,9)63(61)62/h12-37H,1-11H3. The van der Waals surface area contributed by atoms with E-state index < -0.39 is 0 Å². The van der Waals surface area contributed by atoms with Crippen LogP contribution in [0.1, 0.15) is 112 Å². The van der Waals surface area contributed by atoms with Gasteiger partial charge in [0.15, 0.2) is 0 Å². The van der Waals surface area contributed by atoms with Crippen LogP contribution >= 0.6 is 0 Å². The highest BCUT2D eigenvalue weighted by Crippen LogP contribution is 2.64. The molecule has 0 bridgehead atoms. The van der Waals surface area contributed by atoms with Crippen molar-refractivity contribution in [2.24, 2.45) is 0 Å². The molecule has 9 aromatic carbocycles. The lowest BCUT2D eigenvalue weighted by atomic mass is 9.72. The van der Waals surface area contributed by atoms with Gasteiger partial charge in [-0.15, -0.1) is 0 Å². The highest BCUT2D eigenvalue weighted by Gasteiger charge is 2.49. The number of hydrogen-bond donors (Lipinski definition) is 0. The first-order valence-electron chi connectivity index (χ1n) is 25.8. The average molecular weight is 934 g/mol. The number of para-hydroxylation sites is 2. The highest BCUT2D eigenvalue weighted by molar-refractivity contribution is 6.21. The van der Waals surface area contributed by atoms with E-state index in [-0.39, 0.29) is 21.7 Å². The predicted octanol–water partition coefficient (Wildman–Crippen LogP) is 19.5. The molecule has 0 fully saturated rings. The summed E-state index contributed by atoms with van der Waals surface area (Å²) in [6.45, 7) is 26.0. The fourth-order valence-corrected chi connectivity index (χ4v) is 14.0. The number of furan rings is 2. The lowest BCUT2D eigenvalue weighted by Gasteiger charge is -2.32. The molecule has 0 saturated heterocycles. The summed E-state index contributed by atoms with van der Waals surface area (Å²) in [6.07, 6.45) is 0. The number of aryl methyl sites for hydroxylation is 2. The molecule has 3 aliphatic carbocycles. The summed E-state index contributed by atoms with van der Waals surface area (Å²) in [5.41, 5.74) is 28.3. The van der Waals surface area contributed by atoms with Gasteiger partial charge in [-0.1, -0.05) is 165 Å². The van der Waals surface area contributed by atoms with Crippen LogP contribution in [-0.4, -0.2) is 0 Å². The van der Waals surface area contributed by atoms with E-state index in [1.807, 2.05) is 0 Å². The molecule has 14 rings (SSSR count). The van der Waals surface area contributed by atoms with Crippen LogP contribution in [-0.2, 0) is 21.7 Å². The first-order valence-corrected chi connectivity index (χ1v) is 25.8. The van der Waals surface area contributed by atoms with Crippen LogP contribution < -0.4 is 4.90 Å². The van der Waals surface area contributed by atoms with E-state index in [9.17, 15) is 0 Å². The Balaban J connectivity index is 0.992. The van der Waals surface area contributed by atoms with Crippen LogP contribution in [0, 0.1) is 13.8 Å². The lowest BCUT2D eigenvalue weighted by Crippen LogP contribution is -2.24. The molecular formula is C69H59NO2. The Kier molecular flexibility index (Phi) is 8.57. The minimum absolute atomic E-state index is 0.0587. The third-order valence-corrected chi connectivity index (χ3v) is 17.2. The number of benzene rings is 9. The summed E-state index contributed by atoms with van der Waals surface area (Å²) in [7, 11) is 0. The van der Waals surface area contributed by atoms with Crippen molar-refractivity contribution in [2.75, 3.05) is 4.90 Å². The van der Waals surface area contributed by atoms with E-state index in [1.54, 1.807) is 0 Å². The molecule has 3 nitrogen and oxygen atoms in total. The van der Waals surface area contributed by atoms with Crippen LogP contribution in [0.4, 0.5) is 17.1 Å². The molecule has 0 saturated carbocycles. The van der Waals surface area contributed by atoms with Gasteiger partial charge in [-0.05, 0) is 157 Å². The Morgan fingerprint density at radius 2 is 0.889 bits per heavy atom. The highest BCUT2D eigenvalue weighted by atomic mass is 16.3. The largest absolute Gasteiger partial charge is 0.455 e. The fourth-order valence-electron chi connectivity index (χ4n) is 14.0. The van der Waals surface area contributed by atoms with E-state index in [0.29, 0.717) is 0 Å². The molecule has 0 atom stereocenters. The second kappa shape index (κ2) is 14.3. The molecule has 2 heterocycles. The van der Waals surface area contributed by atoms with Crippen molar-refractivity contribution in [3.05, 3.63) is 208 Å². The normalized spacial score (nSPS) is 15.5. The molecule has 0 radical (unpaired) electrons. The maximum atomic E-state index is 7.00. The smallest absolute Gasteiger partial charge is 0.144 e. The summed E-state index contributed by atoms with van der Waals surface area (Å²) in [5.74, 6) is 0. The number of hydrogen-bond acceptors (Lipinski definition) is 3. The zero-order chi connectivity index (χ0) is 49.5. The van der Waals surface area contributed by atoms with Crippen molar-refractivity contribution in [3.63, 3.8) is 0 Å². The molecule has 352 valence electrons. The van der Waals surface area contributed by atoms with Crippen molar-refractivity contribution in [1.29, 1.82) is 0 Å². The van der Waals surface area contributed by atoms with Crippen molar-refractivity contribution in [2.45, 2.75) is 97.8 Å². The van der Waals surface area contributed by atoms with Crippen molar-refractivity contribution in [1.82, 2.24) is 0 Å². The van der Waals surface area contributed by atoms with Gasteiger partial charge in [0.2, 0.25) is 0 Å². The Morgan fingerprint density at radius 1 is 0.389 bits per heavy atom. The summed E-state index contributed by atoms with van der Waals surface area (Å²) < 4.78 is 14.0. The molecule has 0 spiro atoms. The van der Waals surface area contributed by atoms with E-state index in [0.717, 1.165) is 50.3 Å². The quantitative estimate of drug-likeness (QED) is 0.176. The van der Waals surface area contributed by atoms with Gasteiger partial charge in [-0.25, -0.2) is 0 Å².